The number of carbonyl (C=O) groups excluding carboxylic acids is 1. The number of halogens is 1. The molecule has 0 aliphatic heterocycles. The van der Waals surface area contributed by atoms with Crippen molar-refractivity contribution in [2.45, 2.75) is 19.5 Å². The second kappa shape index (κ2) is 5.05. The van der Waals surface area contributed by atoms with Gasteiger partial charge in [0.2, 0.25) is 0 Å². The third kappa shape index (κ3) is 3.10. The van der Waals surface area contributed by atoms with Crippen LogP contribution in [-0.4, -0.2) is 26.7 Å². The largest absolute Gasteiger partial charge is 0.356 e. The quantitative estimate of drug-likeness (QED) is 0.870. The monoisotopic (exact) mass is 252 g/mol. The first-order chi connectivity index (χ1) is 8.15. The van der Waals surface area contributed by atoms with Crippen LogP contribution in [0.25, 0.3) is 0 Å². The first-order valence-corrected chi connectivity index (χ1v) is 5.65. The molecule has 0 saturated heterocycles. The number of aromatic nitrogens is 3. The lowest BCUT2D eigenvalue weighted by atomic mass is 10.3. The number of aromatic amines is 1. The van der Waals surface area contributed by atoms with Gasteiger partial charge in [-0.2, -0.15) is 5.10 Å². The van der Waals surface area contributed by atoms with Gasteiger partial charge in [0.1, 0.15) is 5.69 Å². The van der Waals surface area contributed by atoms with Gasteiger partial charge in [0.15, 0.2) is 0 Å². The SMILES string of the molecule is C[C@H](Cn1cccn1)NC(=O)c1cc(Cl)c[nH]1. The lowest BCUT2D eigenvalue weighted by Crippen LogP contribution is -2.35. The Balaban J connectivity index is 1.90. The van der Waals surface area contributed by atoms with Crippen molar-refractivity contribution in [3.63, 3.8) is 0 Å². The lowest BCUT2D eigenvalue weighted by molar-refractivity contribution is 0.0931. The Morgan fingerprint density at radius 1 is 1.71 bits per heavy atom. The van der Waals surface area contributed by atoms with Crippen molar-refractivity contribution in [3.8, 4) is 0 Å². The van der Waals surface area contributed by atoms with Gasteiger partial charge >= 0.3 is 0 Å². The molecule has 5 nitrogen and oxygen atoms in total. The maximum Gasteiger partial charge on any atom is 0.268 e. The minimum absolute atomic E-state index is 0.00974. The molecule has 0 spiro atoms. The smallest absolute Gasteiger partial charge is 0.268 e. The molecule has 0 radical (unpaired) electrons. The molecule has 0 aromatic carbocycles. The number of hydrogen-bond acceptors (Lipinski definition) is 2. The van der Waals surface area contributed by atoms with E-state index in [1.54, 1.807) is 23.1 Å². The van der Waals surface area contributed by atoms with E-state index in [0.717, 1.165) is 0 Å². The number of H-pyrrole nitrogens is 1. The third-order valence-electron chi connectivity index (χ3n) is 2.29. The molecule has 0 aliphatic rings. The molecule has 90 valence electrons. The molecule has 2 N–H and O–H groups in total. The number of nitrogens with zero attached hydrogens (tertiary/aromatic N) is 2. The van der Waals surface area contributed by atoms with Gasteiger partial charge in [0.25, 0.3) is 5.91 Å². The highest BCUT2D eigenvalue weighted by Gasteiger charge is 2.11. The van der Waals surface area contributed by atoms with Gasteiger partial charge < -0.3 is 10.3 Å². The molecule has 0 unspecified atom stereocenters. The predicted octanol–water partition coefficient (Wildman–Crippen LogP) is 1.68. The molecular formula is C11H13ClN4O. The van der Waals surface area contributed by atoms with Crippen LogP contribution >= 0.6 is 11.6 Å². The van der Waals surface area contributed by atoms with E-state index < -0.39 is 0 Å². The Bertz CT molecular complexity index is 491. The normalized spacial score (nSPS) is 12.4. The Morgan fingerprint density at radius 3 is 3.12 bits per heavy atom. The van der Waals surface area contributed by atoms with E-state index in [1.165, 1.54) is 0 Å². The first-order valence-electron chi connectivity index (χ1n) is 5.27. The second-order valence-electron chi connectivity index (χ2n) is 3.83. The van der Waals surface area contributed by atoms with Crippen LogP contribution in [0.3, 0.4) is 0 Å². The summed E-state index contributed by atoms with van der Waals surface area (Å²) < 4.78 is 1.77. The topological polar surface area (TPSA) is 62.7 Å². The van der Waals surface area contributed by atoms with Crippen molar-refractivity contribution < 1.29 is 4.79 Å². The zero-order chi connectivity index (χ0) is 12.3. The highest BCUT2D eigenvalue weighted by Crippen LogP contribution is 2.09. The summed E-state index contributed by atoms with van der Waals surface area (Å²) in [6, 6.07) is 3.43. The Morgan fingerprint density at radius 2 is 2.53 bits per heavy atom. The van der Waals surface area contributed by atoms with E-state index in [2.05, 4.69) is 15.4 Å². The summed E-state index contributed by atoms with van der Waals surface area (Å²) in [6.07, 6.45) is 5.14. The van der Waals surface area contributed by atoms with E-state index in [1.807, 2.05) is 19.2 Å². The van der Waals surface area contributed by atoms with E-state index in [-0.39, 0.29) is 11.9 Å². The van der Waals surface area contributed by atoms with Gasteiger partial charge in [0.05, 0.1) is 11.6 Å². The van der Waals surface area contributed by atoms with Crippen LogP contribution in [0.2, 0.25) is 5.02 Å². The first kappa shape index (κ1) is 11.7. The van der Waals surface area contributed by atoms with Crippen LogP contribution < -0.4 is 5.32 Å². The molecule has 0 aliphatic carbocycles. The van der Waals surface area contributed by atoms with Crippen LogP contribution in [0, 0.1) is 0 Å². The van der Waals surface area contributed by atoms with Gasteiger partial charge in [-0.05, 0) is 19.1 Å². The van der Waals surface area contributed by atoms with Gasteiger partial charge in [-0.15, -0.1) is 0 Å². The zero-order valence-corrected chi connectivity index (χ0v) is 10.1. The summed E-state index contributed by atoms with van der Waals surface area (Å²) in [4.78, 5) is 14.6. The summed E-state index contributed by atoms with van der Waals surface area (Å²) in [6.45, 7) is 2.55. The van der Waals surface area contributed by atoms with Crippen LogP contribution in [0.1, 0.15) is 17.4 Å². The number of carbonyl (C=O) groups is 1. The van der Waals surface area contributed by atoms with Gasteiger partial charge in [-0.3, -0.25) is 9.48 Å². The minimum atomic E-state index is -0.170. The molecule has 2 rings (SSSR count). The Kier molecular flexibility index (Phi) is 3.49. The highest BCUT2D eigenvalue weighted by atomic mass is 35.5. The Labute approximate surface area is 104 Å². The summed E-state index contributed by atoms with van der Waals surface area (Å²) in [7, 11) is 0. The van der Waals surface area contributed by atoms with Crippen LogP contribution in [0.4, 0.5) is 0 Å². The average Bonchev–Trinajstić information content (AvgIpc) is 2.89. The van der Waals surface area contributed by atoms with E-state index in [9.17, 15) is 4.79 Å². The molecule has 2 aromatic heterocycles. The third-order valence-corrected chi connectivity index (χ3v) is 2.51. The predicted molar refractivity (Wildman–Crippen MR) is 65.0 cm³/mol. The number of nitrogens with one attached hydrogen (secondary N) is 2. The fourth-order valence-electron chi connectivity index (χ4n) is 1.54. The second-order valence-corrected chi connectivity index (χ2v) is 4.27. The van der Waals surface area contributed by atoms with E-state index in [4.69, 9.17) is 11.6 Å². The van der Waals surface area contributed by atoms with Crippen molar-refractivity contribution in [1.82, 2.24) is 20.1 Å². The maximum atomic E-state index is 11.8. The van der Waals surface area contributed by atoms with Gasteiger partial charge in [-0.1, -0.05) is 11.6 Å². The van der Waals surface area contributed by atoms with Crippen LogP contribution in [-0.2, 0) is 6.54 Å². The number of rotatable bonds is 4. The zero-order valence-electron chi connectivity index (χ0n) is 9.35. The minimum Gasteiger partial charge on any atom is -0.356 e. The maximum absolute atomic E-state index is 11.8. The fraction of sp³-hybridized carbons (Fsp3) is 0.273. The van der Waals surface area contributed by atoms with Crippen molar-refractivity contribution in [2.24, 2.45) is 0 Å². The average molecular weight is 253 g/mol. The molecule has 1 atom stereocenters. The number of hydrogen-bond donors (Lipinski definition) is 2. The van der Waals surface area contributed by atoms with Crippen molar-refractivity contribution >= 4 is 17.5 Å². The molecule has 17 heavy (non-hydrogen) atoms. The van der Waals surface area contributed by atoms with Gasteiger partial charge in [-0.25, -0.2) is 0 Å². The standard InChI is InChI=1S/C11H13ClN4O/c1-8(7-16-4-2-3-14-16)15-11(17)10-5-9(12)6-13-10/h2-6,8,13H,7H2,1H3,(H,15,17)/t8-/m1/s1. The molecule has 0 bridgehead atoms. The van der Waals surface area contributed by atoms with E-state index in [0.29, 0.717) is 17.3 Å². The molecule has 0 fully saturated rings. The van der Waals surface area contributed by atoms with E-state index >= 15 is 0 Å². The summed E-state index contributed by atoms with van der Waals surface area (Å²) in [5.74, 6) is -0.170. The van der Waals surface area contributed by atoms with Crippen molar-refractivity contribution in [1.29, 1.82) is 0 Å². The summed E-state index contributed by atoms with van der Waals surface area (Å²) >= 11 is 5.73. The summed E-state index contributed by atoms with van der Waals surface area (Å²) in [5.41, 5.74) is 0.460. The molecule has 2 aromatic rings. The molecule has 2 heterocycles. The fourth-order valence-corrected chi connectivity index (χ4v) is 1.70. The highest BCUT2D eigenvalue weighted by molar-refractivity contribution is 6.30. The molecule has 1 amide bonds. The molecule has 6 heteroatoms. The van der Waals surface area contributed by atoms with Gasteiger partial charge in [0, 0.05) is 24.6 Å². The van der Waals surface area contributed by atoms with Crippen LogP contribution in [0.15, 0.2) is 30.7 Å². The molecular weight excluding hydrogens is 240 g/mol. The van der Waals surface area contributed by atoms with Crippen LogP contribution in [0.5, 0.6) is 0 Å². The number of amides is 1. The lowest BCUT2D eigenvalue weighted by Gasteiger charge is -2.13. The Hall–Kier alpha value is -1.75. The molecule has 0 saturated carbocycles. The van der Waals surface area contributed by atoms with Crippen molar-refractivity contribution in [2.75, 3.05) is 0 Å². The summed E-state index contributed by atoms with van der Waals surface area (Å²) in [5, 5.41) is 7.46. The van der Waals surface area contributed by atoms with Crippen molar-refractivity contribution in [3.05, 3.63) is 41.4 Å².